The first-order valence-corrected chi connectivity index (χ1v) is 6.24. The maximum atomic E-state index is 11.7. The van der Waals surface area contributed by atoms with E-state index in [9.17, 15) is 4.79 Å². The van der Waals surface area contributed by atoms with Crippen LogP contribution < -0.4 is 10.6 Å². The first-order chi connectivity index (χ1) is 8.25. The van der Waals surface area contributed by atoms with Crippen LogP contribution in [0.2, 0.25) is 5.15 Å². The molecule has 17 heavy (non-hydrogen) atoms. The number of nitrogens with one attached hydrogen (secondary N) is 2. The number of halogens is 1. The summed E-state index contributed by atoms with van der Waals surface area (Å²) in [5, 5.41) is 6.41. The van der Waals surface area contributed by atoms with E-state index >= 15 is 0 Å². The Morgan fingerprint density at radius 3 is 3.24 bits per heavy atom. The molecule has 1 saturated heterocycles. The molecule has 1 aliphatic heterocycles. The van der Waals surface area contributed by atoms with Gasteiger partial charge in [-0.25, -0.2) is 4.98 Å². The second-order valence-corrected chi connectivity index (χ2v) is 4.65. The molecule has 0 bridgehead atoms. The van der Waals surface area contributed by atoms with Gasteiger partial charge in [0.25, 0.3) is 0 Å². The highest BCUT2D eigenvalue weighted by Gasteiger charge is 2.16. The van der Waals surface area contributed by atoms with Crippen molar-refractivity contribution in [3.8, 4) is 0 Å². The smallest absolute Gasteiger partial charge is 0.224 e. The number of hydrogen-bond acceptors (Lipinski definition) is 3. The van der Waals surface area contributed by atoms with Crippen LogP contribution in [0.3, 0.4) is 0 Å². The Balaban J connectivity index is 1.79. The molecular formula is C12H16ClN3O. The summed E-state index contributed by atoms with van der Waals surface area (Å²) in [6.45, 7) is 2.10. The van der Waals surface area contributed by atoms with Gasteiger partial charge in [0.05, 0.1) is 5.69 Å². The SMILES string of the molecule is O=C(CCC1CCNC1)Nc1cccnc1Cl. The van der Waals surface area contributed by atoms with Crippen molar-refractivity contribution in [3.63, 3.8) is 0 Å². The number of carbonyl (C=O) groups excluding carboxylic acids is 1. The predicted molar refractivity (Wildman–Crippen MR) is 68.1 cm³/mol. The molecule has 2 rings (SSSR count). The van der Waals surface area contributed by atoms with E-state index in [0.29, 0.717) is 23.2 Å². The summed E-state index contributed by atoms with van der Waals surface area (Å²) >= 11 is 5.86. The number of pyridine rings is 1. The Labute approximate surface area is 106 Å². The highest BCUT2D eigenvalue weighted by Crippen LogP contribution is 2.19. The zero-order valence-electron chi connectivity index (χ0n) is 9.58. The topological polar surface area (TPSA) is 54.0 Å². The average molecular weight is 254 g/mol. The van der Waals surface area contributed by atoms with E-state index in [1.807, 2.05) is 0 Å². The Bertz CT molecular complexity index is 391. The molecule has 2 N–H and O–H groups in total. The van der Waals surface area contributed by atoms with E-state index in [4.69, 9.17) is 11.6 Å². The van der Waals surface area contributed by atoms with Crippen LogP contribution in [-0.4, -0.2) is 24.0 Å². The highest BCUT2D eigenvalue weighted by atomic mass is 35.5. The van der Waals surface area contributed by atoms with Crippen LogP contribution in [0.15, 0.2) is 18.3 Å². The fourth-order valence-electron chi connectivity index (χ4n) is 1.99. The first-order valence-electron chi connectivity index (χ1n) is 5.87. The van der Waals surface area contributed by atoms with E-state index in [1.165, 1.54) is 6.42 Å². The normalized spacial score (nSPS) is 19.2. The molecule has 1 aliphatic rings. The van der Waals surface area contributed by atoms with E-state index in [-0.39, 0.29) is 5.91 Å². The minimum atomic E-state index is 0.00630. The number of hydrogen-bond donors (Lipinski definition) is 2. The molecule has 0 aliphatic carbocycles. The Kier molecular flexibility index (Phi) is 4.34. The Hall–Kier alpha value is -1.13. The third-order valence-electron chi connectivity index (χ3n) is 2.98. The molecule has 2 heterocycles. The Morgan fingerprint density at radius 1 is 1.65 bits per heavy atom. The largest absolute Gasteiger partial charge is 0.323 e. The average Bonchev–Trinajstić information content (AvgIpc) is 2.82. The second kappa shape index (κ2) is 5.98. The van der Waals surface area contributed by atoms with E-state index in [2.05, 4.69) is 15.6 Å². The maximum absolute atomic E-state index is 11.7. The fourth-order valence-corrected chi connectivity index (χ4v) is 2.15. The molecule has 4 nitrogen and oxygen atoms in total. The van der Waals surface area contributed by atoms with Crippen molar-refractivity contribution >= 4 is 23.2 Å². The van der Waals surface area contributed by atoms with Gasteiger partial charge in [0.2, 0.25) is 5.91 Å². The molecule has 0 saturated carbocycles. The van der Waals surface area contributed by atoms with E-state index in [1.54, 1.807) is 18.3 Å². The fraction of sp³-hybridized carbons (Fsp3) is 0.500. The van der Waals surface area contributed by atoms with Gasteiger partial charge in [-0.2, -0.15) is 0 Å². The standard InChI is InChI=1S/C12H16ClN3O/c13-12-10(2-1-6-15-12)16-11(17)4-3-9-5-7-14-8-9/h1-2,6,9,14H,3-5,7-8H2,(H,16,17). The van der Waals surface area contributed by atoms with Gasteiger partial charge >= 0.3 is 0 Å². The van der Waals surface area contributed by atoms with Gasteiger partial charge in [0.15, 0.2) is 5.15 Å². The molecule has 1 atom stereocenters. The molecule has 1 amide bonds. The summed E-state index contributed by atoms with van der Waals surface area (Å²) in [6, 6.07) is 3.51. The van der Waals surface area contributed by atoms with Gasteiger partial charge in [-0.3, -0.25) is 4.79 Å². The second-order valence-electron chi connectivity index (χ2n) is 4.29. The summed E-state index contributed by atoms with van der Waals surface area (Å²) in [4.78, 5) is 15.6. The van der Waals surface area contributed by atoms with Crippen molar-refractivity contribution in [3.05, 3.63) is 23.5 Å². The van der Waals surface area contributed by atoms with Crippen LogP contribution in [-0.2, 0) is 4.79 Å². The lowest BCUT2D eigenvalue weighted by Crippen LogP contribution is -2.15. The number of anilines is 1. The van der Waals surface area contributed by atoms with Gasteiger partial charge in [-0.15, -0.1) is 0 Å². The lowest BCUT2D eigenvalue weighted by Gasteiger charge is -2.09. The van der Waals surface area contributed by atoms with Gasteiger partial charge in [0, 0.05) is 12.6 Å². The van der Waals surface area contributed by atoms with Crippen molar-refractivity contribution in [2.75, 3.05) is 18.4 Å². The molecule has 0 radical (unpaired) electrons. The zero-order valence-corrected chi connectivity index (χ0v) is 10.3. The van der Waals surface area contributed by atoms with Crippen molar-refractivity contribution in [2.24, 2.45) is 5.92 Å². The minimum Gasteiger partial charge on any atom is -0.323 e. The number of aromatic nitrogens is 1. The number of nitrogens with zero attached hydrogens (tertiary/aromatic N) is 1. The van der Waals surface area contributed by atoms with Crippen LogP contribution in [0.4, 0.5) is 5.69 Å². The first kappa shape index (κ1) is 12.3. The molecule has 1 aromatic heterocycles. The molecule has 0 aromatic carbocycles. The van der Waals surface area contributed by atoms with Crippen LogP contribution >= 0.6 is 11.6 Å². The predicted octanol–water partition coefficient (Wildman–Crippen LogP) is 2.06. The summed E-state index contributed by atoms with van der Waals surface area (Å²) in [7, 11) is 0. The minimum absolute atomic E-state index is 0.00630. The van der Waals surface area contributed by atoms with Gasteiger partial charge in [0.1, 0.15) is 0 Å². The van der Waals surface area contributed by atoms with Crippen molar-refractivity contribution < 1.29 is 4.79 Å². The molecule has 0 spiro atoms. The molecule has 1 aromatic rings. The quantitative estimate of drug-likeness (QED) is 0.808. The van der Waals surface area contributed by atoms with E-state index < -0.39 is 0 Å². The molecule has 5 heteroatoms. The third-order valence-corrected chi connectivity index (χ3v) is 3.28. The lowest BCUT2D eigenvalue weighted by molar-refractivity contribution is -0.116. The Morgan fingerprint density at radius 2 is 2.53 bits per heavy atom. The highest BCUT2D eigenvalue weighted by molar-refractivity contribution is 6.32. The summed E-state index contributed by atoms with van der Waals surface area (Å²) < 4.78 is 0. The van der Waals surface area contributed by atoms with Crippen LogP contribution in [0.25, 0.3) is 0 Å². The number of rotatable bonds is 4. The van der Waals surface area contributed by atoms with Crippen LogP contribution in [0.5, 0.6) is 0 Å². The summed E-state index contributed by atoms with van der Waals surface area (Å²) in [6.07, 6.45) is 4.23. The van der Waals surface area contributed by atoms with Gasteiger partial charge < -0.3 is 10.6 Å². The maximum Gasteiger partial charge on any atom is 0.224 e. The zero-order chi connectivity index (χ0) is 12.1. The van der Waals surface area contributed by atoms with Crippen molar-refractivity contribution in [1.29, 1.82) is 0 Å². The van der Waals surface area contributed by atoms with E-state index in [0.717, 1.165) is 19.5 Å². The van der Waals surface area contributed by atoms with Crippen molar-refractivity contribution in [2.45, 2.75) is 19.3 Å². The summed E-state index contributed by atoms with van der Waals surface area (Å²) in [5.74, 6) is 0.636. The van der Waals surface area contributed by atoms with Gasteiger partial charge in [-0.1, -0.05) is 11.6 Å². The monoisotopic (exact) mass is 253 g/mol. The van der Waals surface area contributed by atoms with Crippen LogP contribution in [0, 0.1) is 5.92 Å². The molecular weight excluding hydrogens is 238 g/mol. The van der Waals surface area contributed by atoms with Gasteiger partial charge in [-0.05, 0) is 44.0 Å². The molecule has 1 fully saturated rings. The van der Waals surface area contributed by atoms with Crippen LogP contribution in [0.1, 0.15) is 19.3 Å². The van der Waals surface area contributed by atoms with Crippen molar-refractivity contribution in [1.82, 2.24) is 10.3 Å². The lowest BCUT2D eigenvalue weighted by atomic mass is 10.0. The number of carbonyl (C=O) groups is 1. The number of amides is 1. The molecule has 92 valence electrons. The summed E-state index contributed by atoms with van der Waals surface area (Å²) in [5.41, 5.74) is 0.587. The molecule has 1 unspecified atom stereocenters. The third kappa shape index (κ3) is 3.68.